The van der Waals surface area contributed by atoms with Crippen LogP contribution in [0.15, 0.2) is 39.8 Å². The molecule has 7 nitrogen and oxygen atoms in total. The first-order valence-corrected chi connectivity index (χ1v) is 10.3. The zero-order chi connectivity index (χ0) is 20.4. The molecule has 1 aromatic carbocycles. The summed E-state index contributed by atoms with van der Waals surface area (Å²) in [6.45, 7) is 8.95. The molecule has 1 saturated carbocycles. The maximum atomic E-state index is 5.58. The number of aromatic nitrogens is 1. The fourth-order valence-corrected chi connectivity index (χ4v) is 4.28. The average molecular weight is 398 g/mol. The Morgan fingerprint density at radius 2 is 2.07 bits per heavy atom. The molecule has 2 aliphatic rings. The van der Waals surface area contributed by atoms with Gasteiger partial charge in [-0.05, 0) is 19.4 Å². The number of nitrogens with one attached hydrogen (secondary N) is 1. The third-order valence-corrected chi connectivity index (χ3v) is 6.21. The number of hydrogen-bond acceptors (Lipinski definition) is 5. The van der Waals surface area contributed by atoms with Crippen molar-refractivity contribution in [3.05, 3.63) is 47.3 Å². The Bertz CT molecular complexity index is 872. The van der Waals surface area contributed by atoms with Gasteiger partial charge in [0.05, 0.1) is 12.8 Å². The number of ether oxygens (including phenoxy) is 1. The lowest BCUT2D eigenvalue weighted by Gasteiger charge is -2.36. The zero-order valence-electron chi connectivity index (χ0n) is 17.8. The van der Waals surface area contributed by atoms with Crippen molar-refractivity contribution in [1.29, 1.82) is 0 Å². The number of benzene rings is 1. The largest absolute Gasteiger partial charge is 0.496 e. The van der Waals surface area contributed by atoms with Crippen molar-refractivity contribution in [3.63, 3.8) is 0 Å². The van der Waals surface area contributed by atoms with Gasteiger partial charge in [-0.3, -0.25) is 9.89 Å². The molecule has 1 aliphatic carbocycles. The van der Waals surface area contributed by atoms with Crippen LogP contribution in [-0.2, 0) is 12.0 Å². The van der Waals surface area contributed by atoms with E-state index in [2.05, 4.69) is 44.3 Å². The molecule has 1 aromatic heterocycles. The van der Waals surface area contributed by atoms with E-state index in [-0.39, 0.29) is 5.41 Å². The van der Waals surface area contributed by atoms with E-state index in [1.165, 1.54) is 5.56 Å². The number of guanidine groups is 1. The standard InChI is InChI=1S/C22H31N5O2/c1-16-13-17(25-29-16)15-26-9-11-27(12-10-26)21(23-3)24-20-14-22(20,2)18-7-5-6-8-19(18)28-4/h5-8,13,20H,9-12,14-15H2,1-4H3,(H,23,24). The summed E-state index contributed by atoms with van der Waals surface area (Å²) in [7, 11) is 3.61. The molecular formula is C22H31N5O2. The zero-order valence-corrected chi connectivity index (χ0v) is 17.8. The van der Waals surface area contributed by atoms with Crippen LogP contribution in [0.25, 0.3) is 0 Å². The summed E-state index contributed by atoms with van der Waals surface area (Å²) in [6, 6.07) is 10.7. The van der Waals surface area contributed by atoms with E-state index in [4.69, 9.17) is 9.26 Å². The van der Waals surface area contributed by atoms with E-state index in [1.807, 2.05) is 32.2 Å². The second-order valence-electron chi connectivity index (χ2n) is 8.26. The molecule has 1 N–H and O–H groups in total. The van der Waals surface area contributed by atoms with Crippen LogP contribution in [0.4, 0.5) is 0 Å². The minimum absolute atomic E-state index is 0.0785. The fraction of sp³-hybridized carbons (Fsp3) is 0.545. The van der Waals surface area contributed by atoms with Gasteiger partial charge in [-0.1, -0.05) is 30.3 Å². The molecule has 2 atom stereocenters. The Labute approximate surface area is 172 Å². The van der Waals surface area contributed by atoms with Gasteiger partial charge in [0.1, 0.15) is 11.5 Å². The monoisotopic (exact) mass is 397 g/mol. The van der Waals surface area contributed by atoms with Crippen LogP contribution in [0.2, 0.25) is 0 Å². The Kier molecular flexibility index (Phi) is 5.50. The van der Waals surface area contributed by atoms with Gasteiger partial charge in [0, 0.05) is 62.9 Å². The predicted molar refractivity (Wildman–Crippen MR) is 113 cm³/mol. The molecule has 2 aromatic rings. The van der Waals surface area contributed by atoms with Crippen molar-refractivity contribution in [1.82, 2.24) is 20.3 Å². The number of hydrogen-bond donors (Lipinski definition) is 1. The van der Waals surface area contributed by atoms with E-state index >= 15 is 0 Å². The van der Waals surface area contributed by atoms with Crippen LogP contribution in [0, 0.1) is 6.92 Å². The summed E-state index contributed by atoms with van der Waals surface area (Å²) < 4.78 is 10.8. The quantitative estimate of drug-likeness (QED) is 0.617. The Balaban J connectivity index is 1.33. The van der Waals surface area contributed by atoms with E-state index < -0.39 is 0 Å². The van der Waals surface area contributed by atoms with Crippen LogP contribution >= 0.6 is 0 Å². The lowest BCUT2D eigenvalue weighted by molar-refractivity contribution is 0.168. The van der Waals surface area contributed by atoms with Crippen LogP contribution in [-0.4, -0.2) is 67.3 Å². The predicted octanol–water partition coefficient (Wildman–Crippen LogP) is 2.41. The molecule has 0 amide bonds. The van der Waals surface area contributed by atoms with Crippen LogP contribution in [0.3, 0.4) is 0 Å². The number of methoxy groups -OCH3 is 1. The van der Waals surface area contributed by atoms with E-state index in [1.54, 1.807) is 7.11 Å². The molecule has 7 heteroatoms. The van der Waals surface area contributed by atoms with Crippen LogP contribution < -0.4 is 10.1 Å². The first-order valence-electron chi connectivity index (χ1n) is 10.3. The average Bonchev–Trinajstić information content (AvgIpc) is 3.22. The highest BCUT2D eigenvalue weighted by molar-refractivity contribution is 5.81. The second kappa shape index (κ2) is 8.06. The first kappa shape index (κ1) is 19.8. The van der Waals surface area contributed by atoms with Gasteiger partial charge in [0.25, 0.3) is 0 Å². The minimum atomic E-state index is 0.0785. The molecule has 156 valence electrons. The van der Waals surface area contributed by atoms with Gasteiger partial charge >= 0.3 is 0 Å². The van der Waals surface area contributed by atoms with Gasteiger partial charge in [-0.15, -0.1) is 0 Å². The summed E-state index contributed by atoms with van der Waals surface area (Å²) in [4.78, 5) is 9.33. The van der Waals surface area contributed by atoms with Crippen LogP contribution in [0.1, 0.15) is 30.4 Å². The molecule has 29 heavy (non-hydrogen) atoms. The summed E-state index contributed by atoms with van der Waals surface area (Å²) in [6.07, 6.45) is 1.08. The molecule has 1 saturated heterocycles. The topological polar surface area (TPSA) is 66.1 Å². The minimum Gasteiger partial charge on any atom is -0.496 e. The number of rotatable bonds is 5. The third-order valence-electron chi connectivity index (χ3n) is 6.21. The maximum absolute atomic E-state index is 5.58. The van der Waals surface area contributed by atoms with Crippen molar-refractivity contribution in [2.45, 2.75) is 38.3 Å². The van der Waals surface area contributed by atoms with Crippen molar-refractivity contribution in [2.75, 3.05) is 40.3 Å². The first-order chi connectivity index (χ1) is 14.0. The van der Waals surface area contributed by atoms with E-state index in [0.29, 0.717) is 6.04 Å². The lowest BCUT2D eigenvalue weighted by atomic mass is 9.96. The highest BCUT2D eigenvalue weighted by atomic mass is 16.5. The molecule has 2 fully saturated rings. The summed E-state index contributed by atoms with van der Waals surface area (Å²) >= 11 is 0. The van der Waals surface area contributed by atoms with Crippen LogP contribution in [0.5, 0.6) is 5.75 Å². The molecular weight excluding hydrogens is 366 g/mol. The molecule has 4 rings (SSSR count). The summed E-state index contributed by atoms with van der Waals surface area (Å²) in [5.41, 5.74) is 2.35. The second-order valence-corrected chi connectivity index (χ2v) is 8.26. The Morgan fingerprint density at radius 3 is 2.72 bits per heavy atom. The number of aryl methyl sites for hydroxylation is 1. The molecule has 0 bridgehead atoms. The maximum Gasteiger partial charge on any atom is 0.193 e. The highest BCUT2D eigenvalue weighted by Crippen LogP contribution is 2.51. The van der Waals surface area contributed by atoms with Gasteiger partial charge < -0.3 is 19.5 Å². The fourth-order valence-electron chi connectivity index (χ4n) is 4.28. The van der Waals surface area contributed by atoms with Crippen molar-refractivity contribution in [3.8, 4) is 5.75 Å². The van der Waals surface area contributed by atoms with E-state index in [0.717, 1.165) is 62.3 Å². The third kappa shape index (κ3) is 4.10. The number of para-hydroxylation sites is 1. The Morgan fingerprint density at radius 1 is 1.31 bits per heavy atom. The molecule has 0 radical (unpaired) electrons. The normalized spacial score (nSPS) is 25.2. The molecule has 1 aliphatic heterocycles. The summed E-state index contributed by atoms with van der Waals surface area (Å²) in [5, 5.41) is 7.80. The Hall–Kier alpha value is -2.54. The summed E-state index contributed by atoms with van der Waals surface area (Å²) in [5.74, 6) is 2.82. The number of piperazine rings is 1. The van der Waals surface area contributed by atoms with Gasteiger partial charge in [-0.25, -0.2) is 0 Å². The highest BCUT2D eigenvalue weighted by Gasteiger charge is 2.53. The molecule has 2 heterocycles. The van der Waals surface area contributed by atoms with Crippen molar-refractivity contribution in [2.24, 2.45) is 4.99 Å². The lowest BCUT2D eigenvalue weighted by Crippen LogP contribution is -2.53. The van der Waals surface area contributed by atoms with Gasteiger partial charge in [0.2, 0.25) is 0 Å². The number of nitrogens with zero attached hydrogens (tertiary/aromatic N) is 4. The smallest absolute Gasteiger partial charge is 0.193 e. The van der Waals surface area contributed by atoms with Gasteiger partial charge in [-0.2, -0.15) is 0 Å². The molecule has 2 unspecified atom stereocenters. The SMILES string of the molecule is CN=C(NC1CC1(C)c1ccccc1OC)N1CCN(Cc2cc(C)on2)CC1. The molecule has 0 spiro atoms. The van der Waals surface area contributed by atoms with Crippen molar-refractivity contribution >= 4 is 5.96 Å². The number of aliphatic imine (C=N–C) groups is 1. The van der Waals surface area contributed by atoms with Crippen molar-refractivity contribution < 1.29 is 9.26 Å². The van der Waals surface area contributed by atoms with E-state index in [9.17, 15) is 0 Å². The van der Waals surface area contributed by atoms with Gasteiger partial charge in [0.15, 0.2) is 5.96 Å².